The fraction of sp³-hybridized carbons (Fsp3) is 0.308. The number of aryl methyl sites for hydroxylation is 2. The molecule has 0 spiro atoms. The van der Waals surface area contributed by atoms with Gasteiger partial charge in [-0.3, -0.25) is 4.79 Å². The molecule has 0 aliphatic rings. The van der Waals surface area contributed by atoms with Crippen molar-refractivity contribution < 1.29 is 4.79 Å². The summed E-state index contributed by atoms with van der Waals surface area (Å²) in [6, 6.07) is 3.71. The highest BCUT2D eigenvalue weighted by atomic mass is 32.2. The molecule has 21 heavy (non-hydrogen) atoms. The van der Waals surface area contributed by atoms with Gasteiger partial charge < -0.3 is 5.73 Å². The molecule has 0 amide bonds. The monoisotopic (exact) mass is 302 g/mol. The van der Waals surface area contributed by atoms with Crippen LogP contribution in [0.3, 0.4) is 0 Å². The molecule has 2 rings (SSSR count). The van der Waals surface area contributed by atoms with Crippen LogP contribution in [0.1, 0.15) is 18.3 Å². The van der Waals surface area contributed by atoms with Crippen molar-refractivity contribution in [3.8, 4) is 6.07 Å². The molecule has 0 saturated carbocycles. The number of Topliss-reactive ketones (excluding diaryl/α,β-unsaturated/α-hetero) is 1. The van der Waals surface area contributed by atoms with Crippen molar-refractivity contribution in [2.24, 2.45) is 5.73 Å². The molecule has 0 saturated heterocycles. The van der Waals surface area contributed by atoms with Gasteiger partial charge in [0.2, 0.25) is 5.16 Å². The number of fused-ring (bicyclic) bond motifs is 1. The van der Waals surface area contributed by atoms with E-state index in [0.29, 0.717) is 10.9 Å². The van der Waals surface area contributed by atoms with E-state index in [-0.39, 0.29) is 22.8 Å². The summed E-state index contributed by atoms with van der Waals surface area (Å²) in [7, 11) is 0. The minimum Gasteiger partial charge on any atom is -0.401 e. The lowest BCUT2D eigenvalue weighted by Crippen LogP contribution is -2.10. The quantitative estimate of drug-likeness (QED) is 0.512. The highest BCUT2D eigenvalue weighted by Crippen LogP contribution is 2.17. The Labute approximate surface area is 125 Å². The number of aromatic nitrogens is 4. The molecule has 2 N–H and O–H groups in total. The first-order chi connectivity index (χ1) is 9.92. The molecule has 2 aromatic rings. The van der Waals surface area contributed by atoms with E-state index in [2.05, 4.69) is 15.1 Å². The predicted molar refractivity (Wildman–Crippen MR) is 78.5 cm³/mol. The highest BCUT2D eigenvalue weighted by molar-refractivity contribution is 7.99. The minimum absolute atomic E-state index is 0.0172. The molecule has 0 atom stereocenters. The van der Waals surface area contributed by atoms with E-state index in [9.17, 15) is 4.79 Å². The Kier molecular flexibility index (Phi) is 4.23. The first kappa shape index (κ1) is 15.0. The van der Waals surface area contributed by atoms with Gasteiger partial charge in [-0.2, -0.15) is 10.2 Å². The van der Waals surface area contributed by atoms with Gasteiger partial charge in [0.05, 0.1) is 5.75 Å². The zero-order valence-corrected chi connectivity index (χ0v) is 12.7. The van der Waals surface area contributed by atoms with Gasteiger partial charge in [-0.25, -0.2) is 9.50 Å². The number of allylic oxidation sites excluding steroid dienone is 2. The standard InChI is InChI=1S/C13H14N6OS/c1-7-4-8(2)19-12(16-7)17-13(18-19)21-6-11(20)10(5-14)9(3)15/h4H,6,15H2,1-3H3/b10-9-. The Hall–Kier alpha value is -2.40. The van der Waals surface area contributed by atoms with Crippen LogP contribution in [0, 0.1) is 25.2 Å². The number of nitrogens with two attached hydrogens (primary N) is 1. The summed E-state index contributed by atoms with van der Waals surface area (Å²) in [5, 5.41) is 13.6. The summed E-state index contributed by atoms with van der Waals surface area (Å²) in [6.07, 6.45) is 0. The molecule has 0 aliphatic heterocycles. The van der Waals surface area contributed by atoms with Crippen molar-refractivity contribution in [3.63, 3.8) is 0 Å². The van der Waals surface area contributed by atoms with Crippen molar-refractivity contribution in [2.75, 3.05) is 5.75 Å². The van der Waals surface area contributed by atoms with Crippen molar-refractivity contribution >= 4 is 23.3 Å². The third-order valence-electron chi connectivity index (χ3n) is 2.72. The second kappa shape index (κ2) is 5.93. The van der Waals surface area contributed by atoms with Crippen molar-refractivity contribution in [1.29, 1.82) is 5.26 Å². The molecule has 0 radical (unpaired) electrons. The van der Waals surface area contributed by atoms with Gasteiger partial charge in [0.1, 0.15) is 11.6 Å². The maximum Gasteiger partial charge on any atom is 0.253 e. The third-order valence-corrected chi connectivity index (χ3v) is 3.55. The zero-order valence-electron chi connectivity index (χ0n) is 11.9. The molecule has 0 aliphatic carbocycles. The van der Waals surface area contributed by atoms with Crippen LogP contribution >= 0.6 is 11.8 Å². The largest absolute Gasteiger partial charge is 0.401 e. The number of carbonyl (C=O) groups excluding carboxylic acids is 1. The Morgan fingerprint density at radius 3 is 2.81 bits per heavy atom. The van der Waals surface area contributed by atoms with Gasteiger partial charge in [0.25, 0.3) is 5.78 Å². The molecule has 0 fully saturated rings. The molecular formula is C13H14N6OS. The average Bonchev–Trinajstić information content (AvgIpc) is 2.80. The highest BCUT2D eigenvalue weighted by Gasteiger charge is 2.14. The number of rotatable bonds is 4. The van der Waals surface area contributed by atoms with Gasteiger partial charge in [-0.1, -0.05) is 11.8 Å². The summed E-state index contributed by atoms with van der Waals surface area (Å²) in [6.45, 7) is 5.32. The van der Waals surface area contributed by atoms with E-state index >= 15 is 0 Å². The fourth-order valence-corrected chi connectivity index (χ4v) is 2.47. The molecule has 0 bridgehead atoms. The van der Waals surface area contributed by atoms with Crippen LogP contribution < -0.4 is 5.73 Å². The summed E-state index contributed by atoms with van der Waals surface area (Å²) < 4.78 is 1.62. The number of carbonyl (C=O) groups is 1. The van der Waals surface area contributed by atoms with Crippen LogP contribution in [-0.2, 0) is 4.79 Å². The maximum atomic E-state index is 11.9. The predicted octanol–water partition coefficient (Wildman–Crippen LogP) is 1.16. The van der Waals surface area contributed by atoms with Crippen molar-refractivity contribution in [3.05, 3.63) is 28.7 Å². The summed E-state index contributed by atoms with van der Waals surface area (Å²) in [4.78, 5) is 20.4. The second-order valence-electron chi connectivity index (χ2n) is 4.53. The van der Waals surface area contributed by atoms with Gasteiger partial charge >= 0.3 is 0 Å². The van der Waals surface area contributed by atoms with Crippen LogP contribution in [0.5, 0.6) is 0 Å². The lowest BCUT2D eigenvalue weighted by Gasteiger charge is -1.98. The van der Waals surface area contributed by atoms with Gasteiger partial charge in [-0.05, 0) is 26.8 Å². The number of hydrogen-bond donors (Lipinski definition) is 1. The molecule has 0 aromatic carbocycles. The molecule has 2 aromatic heterocycles. The lowest BCUT2D eigenvalue weighted by atomic mass is 10.2. The molecule has 2 heterocycles. The van der Waals surface area contributed by atoms with Gasteiger partial charge in [-0.15, -0.1) is 5.10 Å². The number of hydrogen-bond acceptors (Lipinski definition) is 7. The number of nitrogens with zero attached hydrogens (tertiary/aromatic N) is 5. The van der Waals surface area contributed by atoms with E-state index in [1.807, 2.05) is 26.0 Å². The third kappa shape index (κ3) is 3.20. The first-order valence-corrected chi connectivity index (χ1v) is 7.14. The Morgan fingerprint density at radius 2 is 2.19 bits per heavy atom. The summed E-state index contributed by atoms with van der Waals surface area (Å²) in [5.74, 6) is 0.225. The van der Waals surface area contributed by atoms with Gasteiger partial charge in [0.15, 0.2) is 5.78 Å². The van der Waals surface area contributed by atoms with E-state index in [0.717, 1.165) is 23.1 Å². The fourth-order valence-electron chi connectivity index (χ4n) is 1.78. The van der Waals surface area contributed by atoms with Gasteiger partial charge in [0, 0.05) is 17.1 Å². The number of nitriles is 1. The summed E-state index contributed by atoms with van der Waals surface area (Å²) in [5.41, 5.74) is 7.47. The maximum absolute atomic E-state index is 11.9. The number of thioether (sulfide) groups is 1. The molecule has 7 nitrogen and oxygen atoms in total. The Bertz CT molecular complexity index is 782. The SMILES string of the molecule is C/C(N)=C(\C#N)C(=O)CSc1nc2nc(C)cc(C)n2n1. The van der Waals surface area contributed by atoms with Crippen LogP contribution in [0.2, 0.25) is 0 Å². The minimum atomic E-state index is -0.331. The first-order valence-electron chi connectivity index (χ1n) is 6.16. The van der Waals surface area contributed by atoms with E-state index in [1.165, 1.54) is 6.92 Å². The van der Waals surface area contributed by atoms with Crippen LogP contribution in [-0.4, -0.2) is 31.1 Å². The zero-order chi connectivity index (χ0) is 15.6. The van der Waals surface area contributed by atoms with Crippen LogP contribution in [0.25, 0.3) is 5.78 Å². The molecule has 8 heteroatoms. The normalized spacial score (nSPS) is 12.1. The van der Waals surface area contributed by atoms with Crippen LogP contribution in [0.15, 0.2) is 22.5 Å². The lowest BCUT2D eigenvalue weighted by molar-refractivity contribution is -0.112. The van der Waals surface area contributed by atoms with E-state index in [1.54, 1.807) is 4.52 Å². The molecule has 108 valence electrons. The van der Waals surface area contributed by atoms with Crippen LogP contribution in [0.4, 0.5) is 0 Å². The molecule has 0 unspecified atom stereocenters. The van der Waals surface area contributed by atoms with Crippen molar-refractivity contribution in [2.45, 2.75) is 25.9 Å². The van der Waals surface area contributed by atoms with E-state index in [4.69, 9.17) is 11.0 Å². The molecular weight excluding hydrogens is 288 g/mol. The Balaban J connectivity index is 2.19. The average molecular weight is 302 g/mol. The summed E-state index contributed by atoms with van der Waals surface area (Å²) >= 11 is 1.16. The Morgan fingerprint density at radius 1 is 1.48 bits per heavy atom. The smallest absolute Gasteiger partial charge is 0.253 e. The van der Waals surface area contributed by atoms with E-state index < -0.39 is 0 Å². The topological polar surface area (TPSA) is 110 Å². The second-order valence-corrected chi connectivity index (χ2v) is 5.47. The van der Waals surface area contributed by atoms with Crippen molar-refractivity contribution in [1.82, 2.24) is 19.6 Å². The number of ketones is 1.